The molecule has 168 valence electrons. The van der Waals surface area contributed by atoms with Gasteiger partial charge >= 0.3 is 0 Å². The van der Waals surface area contributed by atoms with Crippen LogP contribution in [0.4, 0.5) is 11.6 Å². The Morgan fingerprint density at radius 3 is 2.91 bits per heavy atom. The number of amides is 1. The molecule has 1 aromatic heterocycles. The summed E-state index contributed by atoms with van der Waals surface area (Å²) < 4.78 is 0. The highest BCUT2D eigenvalue weighted by Crippen LogP contribution is 2.48. The zero-order chi connectivity index (χ0) is 22.7. The van der Waals surface area contributed by atoms with Gasteiger partial charge in [0.2, 0.25) is 5.91 Å². The lowest BCUT2D eigenvalue weighted by atomic mass is 10.1. The smallest absolute Gasteiger partial charge is 0.229 e. The van der Waals surface area contributed by atoms with Crippen molar-refractivity contribution in [3.05, 3.63) is 71.9 Å². The Kier molecular flexibility index (Phi) is 6.62. The standard InChI is InChI=1S/C23H27ClN6O2/c1-3-26-11-19(25-2)20-8-16(31)12-30(20)22-10-21(27-13-28-22)29-23(32)18-9-17(18)14-5-4-6-15(24)7-14/h3-7,10-11,13,16-18,20,25-26,31H,1,8-9,12H2,2H3,(H,27,28,29,32)/b19-11-/t16-,17+,18-,20+/m0/s1. The number of nitrogens with one attached hydrogen (secondary N) is 3. The molecule has 1 saturated heterocycles. The topological polar surface area (TPSA) is 102 Å². The van der Waals surface area contributed by atoms with E-state index in [1.165, 1.54) is 6.33 Å². The quantitative estimate of drug-likeness (QED) is 0.486. The number of likely N-dealkylation sites (N-methyl/N-ethyl adjacent to an activating group) is 1. The van der Waals surface area contributed by atoms with Gasteiger partial charge in [0.25, 0.3) is 0 Å². The van der Waals surface area contributed by atoms with E-state index in [1.807, 2.05) is 42.4 Å². The fraction of sp³-hybridized carbons (Fsp3) is 0.348. The Morgan fingerprint density at radius 2 is 2.16 bits per heavy atom. The minimum absolute atomic E-state index is 0.0661. The number of aliphatic hydroxyl groups is 1. The van der Waals surface area contributed by atoms with Crippen molar-refractivity contribution in [3.8, 4) is 0 Å². The Bertz CT molecular complexity index is 1030. The van der Waals surface area contributed by atoms with E-state index in [2.05, 4.69) is 32.5 Å². The number of nitrogens with zero attached hydrogens (tertiary/aromatic N) is 3. The van der Waals surface area contributed by atoms with Crippen LogP contribution in [-0.4, -0.2) is 46.7 Å². The molecule has 1 aliphatic heterocycles. The summed E-state index contributed by atoms with van der Waals surface area (Å²) in [6, 6.07) is 9.29. The number of rotatable bonds is 8. The number of halogens is 1. The number of aliphatic hydroxyl groups excluding tert-OH is 1. The first-order chi connectivity index (χ1) is 15.5. The summed E-state index contributed by atoms with van der Waals surface area (Å²) in [6.45, 7) is 4.09. The first-order valence-corrected chi connectivity index (χ1v) is 11.0. The summed E-state index contributed by atoms with van der Waals surface area (Å²) in [4.78, 5) is 23.4. The van der Waals surface area contributed by atoms with E-state index in [0.29, 0.717) is 29.6 Å². The zero-order valence-electron chi connectivity index (χ0n) is 17.8. The normalized spacial score (nSPS) is 24.7. The van der Waals surface area contributed by atoms with E-state index < -0.39 is 6.10 Å². The fourth-order valence-electron chi connectivity index (χ4n) is 4.23. The van der Waals surface area contributed by atoms with E-state index in [9.17, 15) is 9.90 Å². The highest BCUT2D eigenvalue weighted by Gasteiger charge is 2.44. The van der Waals surface area contributed by atoms with Crippen LogP contribution in [0, 0.1) is 5.92 Å². The third-order valence-corrected chi connectivity index (χ3v) is 6.12. The molecule has 0 radical (unpaired) electrons. The summed E-state index contributed by atoms with van der Waals surface area (Å²) in [5.41, 5.74) is 1.97. The molecule has 0 spiro atoms. The van der Waals surface area contributed by atoms with E-state index in [0.717, 1.165) is 17.7 Å². The van der Waals surface area contributed by atoms with Crippen LogP contribution in [0.25, 0.3) is 0 Å². The van der Waals surface area contributed by atoms with Crippen LogP contribution in [0.1, 0.15) is 24.3 Å². The first-order valence-electron chi connectivity index (χ1n) is 10.6. The number of β-amino-alcohol motifs (C(OH)–C–C–N with tert-alkyl or cyclic N) is 1. The maximum absolute atomic E-state index is 12.8. The van der Waals surface area contributed by atoms with Gasteiger partial charge in [0.15, 0.2) is 0 Å². The molecule has 2 aromatic rings. The molecule has 4 rings (SSSR count). The molecule has 8 nitrogen and oxygen atoms in total. The molecule has 2 heterocycles. The van der Waals surface area contributed by atoms with Crippen LogP contribution < -0.4 is 20.9 Å². The van der Waals surface area contributed by atoms with Gasteiger partial charge < -0.3 is 26.0 Å². The van der Waals surface area contributed by atoms with Crippen molar-refractivity contribution in [2.45, 2.75) is 30.9 Å². The summed E-state index contributed by atoms with van der Waals surface area (Å²) in [5.74, 6) is 1.09. The highest BCUT2D eigenvalue weighted by atomic mass is 35.5. The Balaban J connectivity index is 1.46. The third kappa shape index (κ3) is 4.87. The van der Waals surface area contributed by atoms with Crippen molar-refractivity contribution in [2.24, 2.45) is 5.92 Å². The molecule has 4 atom stereocenters. The van der Waals surface area contributed by atoms with Crippen LogP contribution in [-0.2, 0) is 4.79 Å². The van der Waals surface area contributed by atoms with E-state index in [1.54, 1.807) is 12.3 Å². The minimum Gasteiger partial charge on any atom is -0.391 e. The molecule has 9 heteroatoms. The summed E-state index contributed by atoms with van der Waals surface area (Å²) in [7, 11) is 1.83. The average molecular weight is 455 g/mol. The summed E-state index contributed by atoms with van der Waals surface area (Å²) in [5, 5.41) is 20.0. The number of anilines is 2. The molecule has 0 bridgehead atoms. The Labute approximate surface area is 192 Å². The van der Waals surface area contributed by atoms with Crippen molar-refractivity contribution >= 4 is 29.1 Å². The number of hydrogen-bond acceptors (Lipinski definition) is 7. The largest absolute Gasteiger partial charge is 0.391 e. The van der Waals surface area contributed by atoms with Crippen molar-refractivity contribution in [1.82, 2.24) is 20.6 Å². The van der Waals surface area contributed by atoms with Gasteiger partial charge in [-0.25, -0.2) is 9.97 Å². The van der Waals surface area contributed by atoms with Gasteiger partial charge in [-0.15, -0.1) is 0 Å². The van der Waals surface area contributed by atoms with Crippen LogP contribution in [0.3, 0.4) is 0 Å². The van der Waals surface area contributed by atoms with Gasteiger partial charge in [0.05, 0.1) is 12.1 Å². The van der Waals surface area contributed by atoms with Gasteiger partial charge in [-0.1, -0.05) is 30.3 Å². The van der Waals surface area contributed by atoms with Crippen LogP contribution in [0.15, 0.2) is 61.3 Å². The van der Waals surface area contributed by atoms with Crippen LogP contribution >= 0.6 is 11.6 Å². The van der Waals surface area contributed by atoms with E-state index in [-0.39, 0.29) is 23.8 Å². The maximum Gasteiger partial charge on any atom is 0.229 e. The maximum atomic E-state index is 12.8. The van der Waals surface area contributed by atoms with Crippen molar-refractivity contribution in [1.29, 1.82) is 0 Å². The van der Waals surface area contributed by atoms with Crippen molar-refractivity contribution in [3.63, 3.8) is 0 Å². The molecule has 2 fully saturated rings. The van der Waals surface area contributed by atoms with Gasteiger partial charge in [-0.3, -0.25) is 4.79 Å². The predicted octanol–water partition coefficient (Wildman–Crippen LogP) is 2.61. The second-order valence-electron chi connectivity index (χ2n) is 8.03. The number of benzene rings is 1. The second-order valence-corrected chi connectivity index (χ2v) is 8.47. The van der Waals surface area contributed by atoms with Crippen molar-refractivity contribution in [2.75, 3.05) is 23.8 Å². The monoisotopic (exact) mass is 454 g/mol. The van der Waals surface area contributed by atoms with Gasteiger partial charge in [-0.05, 0) is 36.2 Å². The summed E-state index contributed by atoms with van der Waals surface area (Å²) >= 11 is 6.08. The second kappa shape index (κ2) is 9.58. The highest BCUT2D eigenvalue weighted by molar-refractivity contribution is 6.30. The third-order valence-electron chi connectivity index (χ3n) is 5.89. The molecule has 1 aliphatic carbocycles. The lowest BCUT2D eigenvalue weighted by molar-refractivity contribution is -0.117. The zero-order valence-corrected chi connectivity index (χ0v) is 18.6. The molecule has 0 unspecified atom stereocenters. The first kappa shape index (κ1) is 22.1. The summed E-state index contributed by atoms with van der Waals surface area (Å²) in [6.07, 6.45) is 5.69. The SMILES string of the molecule is C=CN/C=C(\NC)[C@H]1C[C@H](O)CN1c1cc(NC(=O)[C@H]2C[C@@H]2c2cccc(Cl)c2)ncn1. The molecule has 2 aliphatic rings. The molecule has 1 saturated carbocycles. The Hall–Kier alpha value is -3.10. The molecule has 1 amide bonds. The molecule has 4 N–H and O–H groups in total. The van der Waals surface area contributed by atoms with Crippen LogP contribution in [0.5, 0.6) is 0 Å². The molecular formula is C23H27ClN6O2. The average Bonchev–Trinajstić information content (AvgIpc) is 3.50. The molecule has 32 heavy (non-hydrogen) atoms. The van der Waals surface area contributed by atoms with Gasteiger partial charge in [0, 0.05) is 48.9 Å². The van der Waals surface area contributed by atoms with E-state index >= 15 is 0 Å². The number of aromatic nitrogens is 2. The molecule has 1 aromatic carbocycles. The Morgan fingerprint density at radius 1 is 1.31 bits per heavy atom. The lowest BCUT2D eigenvalue weighted by Crippen LogP contribution is -2.36. The van der Waals surface area contributed by atoms with Gasteiger partial charge in [-0.2, -0.15) is 0 Å². The molecular weight excluding hydrogens is 428 g/mol. The number of carbonyl (C=O) groups is 1. The van der Waals surface area contributed by atoms with Crippen LogP contribution in [0.2, 0.25) is 5.02 Å². The minimum atomic E-state index is -0.488. The number of hydrogen-bond donors (Lipinski definition) is 4. The van der Waals surface area contributed by atoms with Crippen molar-refractivity contribution < 1.29 is 9.90 Å². The fourth-order valence-corrected chi connectivity index (χ4v) is 4.43. The lowest BCUT2D eigenvalue weighted by Gasteiger charge is -2.27. The van der Waals surface area contributed by atoms with E-state index in [4.69, 9.17) is 11.6 Å². The number of carbonyl (C=O) groups excluding carboxylic acids is 1. The van der Waals surface area contributed by atoms with Gasteiger partial charge in [0.1, 0.15) is 18.0 Å². The predicted molar refractivity (Wildman–Crippen MR) is 125 cm³/mol.